The topological polar surface area (TPSA) is 9.23 Å². The third-order valence-electron chi connectivity index (χ3n) is 1.45. The van der Waals surface area contributed by atoms with E-state index in [-0.39, 0.29) is 6.61 Å². The summed E-state index contributed by atoms with van der Waals surface area (Å²) in [4.78, 5) is 0. The number of ether oxygens (including phenoxy) is 1. The zero-order chi connectivity index (χ0) is 10.2. The van der Waals surface area contributed by atoms with Gasteiger partial charge >= 0.3 is 6.18 Å². The van der Waals surface area contributed by atoms with Crippen LogP contribution in [0.3, 0.4) is 0 Å². The van der Waals surface area contributed by atoms with Crippen molar-refractivity contribution in [3.63, 3.8) is 0 Å². The van der Waals surface area contributed by atoms with Gasteiger partial charge in [0.25, 0.3) is 0 Å². The standard InChI is InChI=1S/C8H14ClF3O/c9-5-2-1-3-6-13-7-4-8(10,11)12/h1-7H2. The average molecular weight is 219 g/mol. The normalized spacial score (nSPS) is 12.0. The summed E-state index contributed by atoms with van der Waals surface area (Å²) in [6.45, 7) is 0.164. The maximum Gasteiger partial charge on any atom is 0.391 e. The maximum absolute atomic E-state index is 11.6. The SMILES string of the molecule is FC(F)(F)CCOCCCCCCl. The molecule has 0 atom stereocenters. The molecule has 0 aliphatic heterocycles. The number of halogens is 4. The van der Waals surface area contributed by atoms with Crippen LogP contribution in [0.5, 0.6) is 0 Å². The Bertz CT molecular complexity index is 116. The molecule has 0 unspecified atom stereocenters. The molecule has 80 valence electrons. The van der Waals surface area contributed by atoms with Gasteiger partial charge in [0.2, 0.25) is 0 Å². The summed E-state index contributed by atoms with van der Waals surface area (Å²) in [5.74, 6) is 0.600. The van der Waals surface area contributed by atoms with E-state index in [1.54, 1.807) is 0 Å². The maximum atomic E-state index is 11.6. The molecule has 0 saturated carbocycles. The van der Waals surface area contributed by atoms with E-state index < -0.39 is 12.6 Å². The largest absolute Gasteiger partial charge is 0.391 e. The van der Waals surface area contributed by atoms with Crippen LogP contribution in [0.15, 0.2) is 0 Å². The fraction of sp³-hybridized carbons (Fsp3) is 1.00. The fourth-order valence-electron chi connectivity index (χ4n) is 0.765. The first-order chi connectivity index (χ1) is 6.06. The molecule has 0 heterocycles. The third-order valence-corrected chi connectivity index (χ3v) is 1.72. The van der Waals surface area contributed by atoms with Crippen LogP contribution in [0.2, 0.25) is 0 Å². The minimum atomic E-state index is -4.10. The molecule has 1 nitrogen and oxygen atoms in total. The summed E-state index contributed by atoms with van der Waals surface area (Å²) in [7, 11) is 0. The van der Waals surface area contributed by atoms with Crippen molar-refractivity contribution in [2.75, 3.05) is 19.1 Å². The van der Waals surface area contributed by atoms with Crippen molar-refractivity contribution >= 4 is 11.6 Å². The summed E-state index contributed by atoms with van der Waals surface area (Å²) < 4.78 is 39.6. The molecule has 0 amide bonds. The molecule has 0 rings (SSSR count). The van der Waals surface area contributed by atoms with Crippen molar-refractivity contribution in [3.8, 4) is 0 Å². The van der Waals surface area contributed by atoms with Gasteiger partial charge in [0, 0.05) is 12.5 Å². The Hall–Kier alpha value is 0.0400. The molecular weight excluding hydrogens is 205 g/mol. The quantitative estimate of drug-likeness (QED) is 0.470. The van der Waals surface area contributed by atoms with Crippen LogP contribution >= 0.6 is 11.6 Å². The van der Waals surface area contributed by atoms with Gasteiger partial charge in [0.05, 0.1) is 13.0 Å². The molecule has 0 bridgehead atoms. The molecule has 0 spiro atoms. The van der Waals surface area contributed by atoms with E-state index in [4.69, 9.17) is 16.3 Å². The van der Waals surface area contributed by atoms with Gasteiger partial charge in [-0.1, -0.05) is 0 Å². The zero-order valence-corrected chi connectivity index (χ0v) is 8.13. The summed E-state index contributed by atoms with van der Waals surface area (Å²) in [6.07, 6.45) is -2.37. The van der Waals surface area contributed by atoms with Crippen LogP contribution < -0.4 is 0 Å². The van der Waals surface area contributed by atoms with Crippen molar-refractivity contribution < 1.29 is 17.9 Å². The van der Waals surface area contributed by atoms with Gasteiger partial charge in [0.15, 0.2) is 0 Å². The van der Waals surface area contributed by atoms with E-state index in [1.165, 1.54) is 0 Å². The van der Waals surface area contributed by atoms with E-state index in [1.807, 2.05) is 0 Å². The first-order valence-electron chi connectivity index (χ1n) is 4.27. The molecule has 0 radical (unpaired) electrons. The average Bonchev–Trinajstić information content (AvgIpc) is 2.01. The molecule has 0 saturated heterocycles. The lowest BCUT2D eigenvalue weighted by atomic mass is 10.3. The highest BCUT2D eigenvalue weighted by Crippen LogP contribution is 2.18. The summed E-state index contributed by atoms with van der Waals surface area (Å²) in [6, 6.07) is 0. The number of hydrogen-bond acceptors (Lipinski definition) is 1. The fourth-order valence-corrected chi connectivity index (χ4v) is 0.954. The van der Waals surface area contributed by atoms with Gasteiger partial charge in [0.1, 0.15) is 0 Å². The van der Waals surface area contributed by atoms with Crippen molar-refractivity contribution in [1.29, 1.82) is 0 Å². The second-order valence-electron chi connectivity index (χ2n) is 2.73. The lowest BCUT2D eigenvalue weighted by molar-refractivity contribution is -0.145. The van der Waals surface area contributed by atoms with E-state index in [0.717, 1.165) is 19.3 Å². The second-order valence-corrected chi connectivity index (χ2v) is 3.11. The Morgan fingerprint density at radius 1 is 1.00 bits per heavy atom. The Labute approximate surface area is 81.2 Å². The highest BCUT2D eigenvalue weighted by molar-refractivity contribution is 6.17. The number of hydrogen-bond donors (Lipinski definition) is 0. The predicted molar refractivity (Wildman–Crippen MR) is 46.1 cm³/mol. The Morgan fingerprint density at radius 3 is 2.23 bits per heavy atom. The van der Waals surface area contributed by atoms with Gasteiger partial charge in [-0.2, -0.15) is 13.2 Å². The molecular formula is C8H14ClF3O. The first-order valence-corrected chi connectivity index (χ1v) is 4.80. The lowest BCUT2D eigenvalue weighted by Gasteiger charge is -2.06. The summed E-state index contributed by atoms with van der Waals surface area (Å²) >= 11 is 5.41. The van der Waals surface area contributed by atoms with Crippen molar-refractivity contribution in [3.05, 3.63) is 0 Å². The van der Waals surface area contributed by atoms with Crippen LogP contribution in [0.25, 0.3) is 0 Å². The highest BCUT2D eigenvalue weighted by Gasteiger charge is 2.26. The molecule has 0 fully saturated rings. The Kier molecular flexibility index (Phi) is 7.47. The highest BCUT2D eigenvalue weighted by atomic mass is 35.5. The molecule has 0 aliphatic carbocycles. The van der Waals surface area contributed by atoms with E-state index >= 15 is 0 Å². The van der Waals surface area contributed by atoms with E-state index in [2.05, 4.69) is 0 Å². The van der Waals surface area contributed by atoms with Gasteiger partial charge in [-0.3, -0.25) is 0 Å². The van der Waals surface area contributed by atoms with Gasteiger partial charge in [-0.15, -0.1) is 11.6 Å². The summed E-state index contributed by atoms with van der Waals surface area (Å²) in [5, 5.41) is 0. The molecule has 0 N–H and O–H groups in total. The van der Waals surface area contributed by atoms with Gasteiger partial charge in [-0.05, 0) is 19.3 Å². The minimum absolute atomic E-state index is 0.232. The van der Waals surface area contributed by atoms with Gasteiger partial charge < -0.3 is 4.74 Å². The first kappa shape index (κ1) is 13.0. The molecule has 0 aromatic rings. The van der Waals surface area contributed by atoms with Crippen LogP contribution in [0.1, 0.15) is 25.7 Å². The van der Waals surface area contributed by atoms with Crippen molar-refractivity contribution in [1.82, 2.24) is 0 Å². The summed E-state index contributed by atoms with van der Waals surface area (Å²) in [5.41, 5.74) is 0. The molecule has 13 heavy (non-hydrogen) atoms. The number of rotatable bonds is 7. The second kappa shape index (κ2) is 7.44. The molecule has 0 aliphatic rings. The van der Waals surface area contributed by atoms with Crippen molar-refractivity contribution in [2.45, 2.75) is 31.9 Å². The molecule has 0 aromatic carbocycles. The lowest BCUT2D eigenvalue weighted by Crippen LogP contribution is -2.11. The van der Waals surface area contributed by atoms with Crippen LogP contribution in [0.4, 0.5) is 13.2 Å². The van der Waals surface area contributed by atoms with Crippen LogP contribution in [0, 0.1) is 0 Å². The van der Waals surface area contributed by atoms with Gasteiger partial charge in [-0.25, -0.2) is 0 Å². The van der Waals surface area contributed by atoms with Crippen LogP contribution in [-0.4, -0.2) is 25.3 Å². The Morgan fingerprint density at radius 2 is 1.69 bits per heavy atom. The third kappa shape index (κ3) is 12.0. The van der Waals surface area contributed by atoms with E-state index in [0.29, 0.717) is 12.5 Å². The van der Waals surface area contributed by atoms with Crippen LogP contribution in [-0.2, 0) is 4.74 Å². The monoisotopic (exact) mass is 218 g/mol. The smallest absolute Gasteiger partial charge is 0.381 e. The molecule has 5 heteroatoms. The predicted octanol–water partition coefficient (Wildman–Crippen LogP) is 3.36. The number of alkyl halides is 4. The minimum Gasteiger partial charge on any atom is -0.381 e. The molecule has 0 aromatic heterocycles. The van der Waals surface area contributed by atoms with Crippen molar-refractivity contribution in [2.24, 2.45) is 0 Å². The number of unbranched alkanes of at least 4 members (excludes halogenated alkanes) is 2. The zero-order valence-electron chi connectivity index (χ0n) is 7.37. The Balaban J connectivity index is 3.00. The van der Waals surface area contributed by atoms with E-state index in [9.17, 15) is 13.2 Å².